The molecule has 2 saturated heterocycles. The van der Waals surface area contributed by atoms with E-state index in [1.165, 1.54) is 0 Å². The molecule has 4 rings (SSSR count). The van der Waals surface area contributed by atoms with E-state index in [4.69, 9.17) is 9.47 Å². The van der Waals surface area contributed by atoms with Gasteiger partial charge in [0.2, 0.25) is 5.91 Å². The average molecular weight is 359 g/mol. The Balaban J connectivity index is 1.25. The highest BCUT2D eigenvalue weighted by Crippen LogP contribution is 2.35. The Labute approximate surface area is 152 Å². The predicted molar refractivity (Wildman–Crippen MR) is 95.5 cm³/mol. The number of piperidine rings is 1. The van der Waals surface area contributed by atoms with Crippen molar-refractivity contribution in [3.8, 4) is 0 Å². The summed E-state index contributed by atoms with van der Waals surface area (Å²) in [5.74, 6) is 0.691. The Hall–Kier alpha value is -1.96. The lowest BCUT2D eigenvalue weighted by Gasteiger charge is -2.46. The van der Waals surface area contributed by atoms with Crippen LogP contribution in [0.3, 0.4) is 0 Å². The summed E-state index contributed by atoms with van der Waals surface area (Å²) in [7, 11) is 0. The molecule has 1 aromatic heterocycles. The van der Waals surface area contributed by atoms with Crippen molar-refractivity contribution in [1.29, 1.82) is 0 Å². The fourth-order valence-corrected chi connectivity index (χ4v) is 3.92. The molecule has 2 aliphatic rings. The third kappa shape index (κ3) is 3.47. The highest BCUT2D eigenvalue weighted by atomic mass is 16.5. The third-order valence-corrected chi connectivity index (χ3v) is 5.48. The number of ether oxygens (including phenoxy) is 2. The van der Waals surface area contributed by atoms with Gasteiger partial charge in [-0.05, 0) is 37.8 Å². The molecule has 26 heavy (non-hydrogen) atoms. The van der Waals surface area contributed by atoms with Gasteiger partial charge in [-0.3, -0.25) is 4.79 Å². The van der Waals surface area contributed by atoms with Crippen molar-refractivity contribution in [2.24, 2.45) is 0 Å². The van der Waals surface area contributed by atoms with E-state index in [2.05, 4.69) is 9.97 Å². The molecule has 1 aromatic carbocycles. The van der Waals surface area contributed by atoms with Crippen LogP contribution in [0, 0.1) is 0 Å². The number of aliphatic hydroxyl groups excluding tert-OH is 1. The van der Waals surface area contributed by atoms with E-state index in [1.54, 1.807) is 4.90 Å². The highest BCUT2D eigenvalue weighted by Gasteiger charge is 2.44. The number of benzene rings is 1. The fourth-order valence-electron chi connectivity index (χ4n) is 3.92. The Morgan fingerprint density at radius 2 is 2.19 bits per heavy atom. The standard InChI is InChI=1S/C19H25N3O4/c23-16-6-3-11-26-19(16)7-9-22(10-8-19)18(24)13-25-12-17-20-14-4-1-2-5-15(14)21-17/h1-2,4-5,16,23H,3,6-13H2,(H,20,21)/t16-/m1/s1. The number of hydrogen-bond donors (Lipinski definition) is 2. The Morgan fingerprint density at radius 1 is 1.38 bits per heavy atom. The number of amides is 1. The van der Waals surface area contributed by atoms with Crippen LogP contribution in [0.25, 0.3) is 11.0 Å². The molecule has 140 valence electrons. The summed E-state index contributed by atoms with van der Waals surface area (Å²) in [4.78, 5) is 21.8. The maximum atomic E-state index is 12.4. The lowest BCUT2D eigenvalue weighted by Crippen LogP contribution is -2.56. The molecule has 2 N–H and O–H groups in total. The smallest absolute Gasteiger partial charge is 0.248 e. The molecule has 0 unspecified atom stereocenters. The molecule has 2 fully saturated rings. The van der Waals surface area contributed by atoms with Crippen LogP contribution in [0.2, 0.25) is 0 Å². The van der Waals surface area contributed by atoms with Gasteiger partial charge in [0.1, 0.15) is 19.0 Å². The number of aliphatic hydroxyl groups is 1. The summed E-state index contributed by atoms with van der Waals surface area (Å²) in [5, 5.41) is 10.3. The normalized spacial score (nSPS) is 22.8. The highest BCUT2D eigenvalue weighted by molar-refractivity contribution is 5.77. The van der Waals surface area contributed by atoms with Crippen molar-refractivity contribution in [2.75, 3.05) is 26.3 Å². The zero-order valence-corrected chi connectivity index (χ0v) is 14.8. The minimum Gasteiger partial charge on any atom is -0.390 e. The van der Waals surface area contributed by atoms with Crippen molar-refractivity contribution in [1.82, 2.24) is 14.9 Å². The molecule has 2 aliphatic heterocycles. The molecule has 2 aromatic rings. The number of aromatic nitrogens is 2. The number of nitrogens with one attached hydrogen (secondary N) is 1. The van der Waals surface area contributed by atoms with Gasteiger partial charge in [0.05, 0.1) is 22.7 Å². The summed E-state index contributed by atoms with van der Waals surface area (Å²) in [6.07, 6.45) is 2.64. The molecule has 1 atom stereocenters. The third-order valence-electron chi connectivity index (χ3n) is 5.48. The molecular formula is C19H25N3O4. The summed E-state index contributed by atoms with van der Waals surface area (Å²) in [6.45, 7) is 2.22. The number of carbonyl (C=O) groups is 1. The SMILES string of the molecule is O=C(COCc1nc2ccccc2[nH]1)N1CCC2(CC1)OCCC[C@H]2O. The maximum Gasteiger partial charge on any atom is 0.248 e. The first-order valence-electron chi connectivity index (χ1n) is 9.27. The molecule has 0 radical (unpaired) electrons. The molecular weight excluding hydrogens is 334 g/mol. The van der Waals surface area contributed by atoms with Crippen LogP contribution >= 0.6 is 0 Å². The van der Waals surface area contributed by atoms with Crippen LogP contribution < -0.4 is 0 Å². The number of carbonyl (C=O) groups excluding carboxylic acids is 1. The molecule has 1 amide bonds. The number of imidazole rings is 1. The number of para-hydroxylation sites is 2. The van der Waals surface area contributed by atoms with E-state index in [0.717, 1.165) is 29.7 Å². The van der Waals surface area contributed by atoms with Crippen LogP contribution in [0.15, 0.2) is 24.3 Å². The monoisotopic (exact) mass is 359 g/mol. The predicted octanol–water partition coefficient (Wildman–Crippen LogP) is 1.61. The topological polar surface area (TPSA) is 87.7 Å². The van der Waals surface area contributed by atoms with Gasteiger partial charge >= 0.3 is 0 Å². The van der Waals surface area contributed by atoms with Gasteiger partial charge in [0, 0.05) is 19.7 Å². The zero-order chi connectivity index (χ0) is 18.0. The van der Waals surface area contributed by atoms with Gasteiger partial charge in [-0.1, -0.05) is 12.1 Å². The zero-order valence-electron chi connectivity index (χ0n) is 14.8. The number of nitrogens with zero attached hydrogens (tertiary/aromatic N) is 2. The van der Waals surface area contributed by atoms with Gasteiger partial charge in [-0.2, -0.15) is 0 Å². The quantitative estimate of drug-likeness (QED) is 0.866. The maximum absolute atomic E-state index is 12.4. The first kappa shape index (κ1) is 17.5. The van der Waals surface area contributed by atoms with Crippen molar-refractivity contribution >= 4 is 16.9 Å². The first-order chi connectivity index (χ1) is 12.7. The van der Waals surface area contributed by atoms with E-state index in [9.17, 15) is 9.90 Å². The average Bonchev–Trinajstić information content (AvgIpc) is 3.07. The Morgan fingerprint density at radius 3 is 2.96 bits per heavy atom. The van der Waals surface area contributed by atoms with E-state index in [-0.39, 0.29) is 19.1 Å². The second-order valence-corrected chi connectivity index (χ2v) is 7.15. The molecule has 0 bridgehead atoms. The fraction of sp³-hybridized carbons (Fsp3) is 0.579. The van der Waals surface area contributed by atoms with E-state index in [0.29, 0.717) is 32.5 Å². The van der Waals surface area contributed by atoms with E-state index < -0.39 is 11.7 Å². The van der Waals surface area contributed by atoms with Crippen molar-refractivity contribution in [3.05, 3.63) is 30.1 Å². The number of aromatic amines is 1. The van der Waals surface area contributed by atoms with Crippen LogP contribution in [-0.2, 0) is 20.9 Å². The second kappa shape index (κ2) is 7.34. The van der Waals surface area contributed by atoms with Crippen LogP contribution in [-0.4, -0.2) is 63.9 Å². The lowest BCUT2D eigenvalue weighted by atomic mass is 9.82. The first-order valence-corrected chi connectivity index (χ1v) is 9.27. The van der Waals surface area contributed by atoms with Gasteiger partial charge in [0.25, 0.3) is 0 Å². The molecule has 0 saturated carbocycles. The minimum absolute atomic E-state index is 0.0266. The van der Waals surface area contributed by atoms with E-state index in [1.807, 2.05) is 24.3 Å². The van der Waals surface area contributed by atoms with Crippen molar-refractivity contribution in [2.45, 2.75) is 44.0 Å². The van der Waals surface area contributed by atoms with Gasteiger partial charge in [-0.15, -0.1) is 0 Å². The molecule has 0 aliphatic carbocycles. The summed E-state index contributed by atoms with van der Waals surface area (Å²) < 4.78 is 11.4. The summed E-state index contributed by atoms with van der Waals surface area (Å²) >= 11 is 0. The van der Waals surface area contributed by atoms with Crippen LogP contribution in [0.4, 0.5) is 0 Å². The summed E-state index contributed by atoms with van der Waals surface area (Å²) in [6, 6.07) is 7.78. The Kier molecular flexibility index (Phi) is 4.93. The van der Waals surface area contributed by atoms with Crippen LogP contribution in [0.1, 0.15) is 31.5 Å². The van der Waals surface area contributed by atoms with Gasteiger partial charge in [-0.25, -0.2) is 4.98 Å². The lowest BCUT2D eigenvalue weighted by molar-refractivity contribution is -0.180. The molecule has 3 heterocycles. The number of fused-ring (bicyclic) bond motifs is 1. The number of likely N-dealkylation sites (tertiary alicyclic amines) is 1. The number of rotatable bonds is 4. The molecule has 7 heteroatoms. The Bertz CT molecular complexity index is 734. The van der Waals surface area contributed by atoms with Crippen molar-refractivity contribution < 1.29 is 19.4 Å². The molecule has 1 spiro atoms. The summed E-state index contributed by atoms with van der Waals surface area (Å²) in [5.41, 5.74) is 1.40. The number of H-pyrrole nitrogens is 1. The molecule has 7 nitrogen and oxygen atoms in total. The minimum atomic E-state index is -0.454. The number of hydrogen-bond acceptors (Lipinski definition) is 5. The van der Waals surface area contributed by atoms with Crippen LogP contribution in [0.5, 0.6) is 0 Å². The second-order valence-electron chi connectivity index (χ2n) is 7.15. The van der Waals surface area contributed by atoms with Crippen molar-refractivity contribution in [3.63, 3.8) is 0 Å². The largest absolute Gasteiger partial charge is 0.390 e. The van der Waals surface area contributed by atoms with E-state index >= 15 is 0 Å². The van der Waals surface area contributed by atoms with Gasteiger partial charge in [0.15, 0.2) is 0 Å². The van der Waals surface area contributed by atoms with Gasteiger partial charge < -0.3 is 24.5 Å².